The zero-order chi connectivity index (χ0) is 22.9. The zero-order valence-corrected chi connectivity index (χ0v) is 18.8. The van der Waals surface area contributed by atoms with Crippen LogP contribution >= 0.6 is 11.8 Å². The number of nitrogens with one attached hydrogen (secondary N) is 2. The van der Waals surface area contributed by atoms with Gasteiger partial charge in [-0.1, -0.05) is 53.7 Å². The van der Waals surface area contributed by atoms with Gasteiger partial charge in [0, 0.05) is 17.8 Å². The van der Waals surface area contributed by atoms with Gasteiger partial charge in [-0.3, -0.25) is 4.79 Å². The van der Waals surface area contributed by atoms with Crippen molar-refractivity contribution in [2.24, 2.45) is 5.10 Å². The number of amides is 1. The fourth-order valence-electron chi connectivity index (χ4n) is 2.75. The molecule has 0 spiro atoms. The SMILES string of the molecule is C=CCn1c(CNc2ccc(C)cc2)nnc1S[C@@H](C)C(=O)NN=Cc1ccccc1F. The summed E-state index contributed by atoms with van der Waals surface area (Å²) in [5.74, 6) is 0.00505. The Morgan fingerprint density at radius 2 is 2.00 bits per heavy atom. The normalized spacial score (nSPS) is 12.0. The van der Waals surface area contributed by atoms with E-state index in [0.717, 1.165) is 11.5 Å². The summed E-state index contributed by atoms with van der Waals surface area (Å²) in [6, 6.07) is 14.3. The van der Waals surface area contributed by atoms with Crippen LogP contribution < -0.4 is 10.7 Å². The van der Waals surface area contributed by atoms with Crippen molar-refractivity contribution >= 4 is 29.6 Å². The van der Waals surface area contributed by atoms with E-state index in [1.165, 1.54) is 29.6 Å². The molecule has 3 aromatic rings. The molecule has 1 aromatic heterocycles. The molecule has 0 bridgehead atoms. The van der Waals surface area contributed by atoms with Crippen molar-refractivity contribution in [2.45, 2.75) is 37.3 Å². The van der Waals surface area contributed by atoms with Gasteiger partial charge in [-0.25, -0.2) is 9.82 Å². The summed E-state index contributed by atoms with van der Waals surface area (Å²) in [6.45, 7) is 8.58. The first kappa shape index (κ1) is 23.2. The molecule has 1 heterocycles. The van der Waals surface area contributed by atoms with Crippen LogP contribution in [0.2, 0.25) is 0 Å². The largest absolute Gasteiger partial charge is 0.378 e. The second kappa shape index (κ2) is 11.2. The topological polar surface area (TPSA) is 84.2 Å². The van der Waals surface area contributed by atoms with Crippen molar-refractivity contribution in [2.75, 3.05) is 5.32 Å². The molecular formula is C23H25FN6OS. The summed E-state index contributed by atoms with van der Waals surface area (Å²) in [4.78, 5) is 12.4. The summed E-state index contributed by atoms with van der Waals surface area (Å²) < 4.78 is 15.5. The third-order valence-corrected chi connectivity index (χ3v) is 5.62. The van der Waals surface area contributed by atoms with E-state index in [4.69, 9.17) is 0 Å². The van der Waals surface area contributed by atoms with Crippen molar-refractivity contribution < 1.29 is 9.18 Å². The van der Waals surface area contributed by atoms with Crippen molar-refractivity contribution in [3.8, 4) is 0 Å². The van der Waals surface area contributed by atoms with E-state index < -0.39 is 11.1 Å². The minimum atomic E-state index is -0.488. The van der Waals surface area contributed by atoms with E-state index in [1.54, 1.807) is 31.2 Å². The van der Waals surface area contributed by atoms with E-state index in [1.807, 2.05) is 35.8 Å². The monoisotopic (exact) mass is 452 g/mol. The summed E-state index contributed by atoms with van der Waals surface area (Å²) in [5.41, 5.74) is 4.91. The first-order valence-corrected chi connectivity index (χ1v) is 10.9. The van der Waals surface area contributed by atoms with E-state index in [0.29, 0.717) is 23.8 Å². The maximum atomic E-state index is 13.6. The summed E-state index contributed by atoms with van der Waals surface area (Å²) in [5, 5.41) is 15.8. The highest BCUT2D eigenvalue weighted by atomic mass is 32.2. The maximum absolute atomic E-state index is 13.6. The highest BCUT2D eigenvalue weighted by Crippen LogP contribution is 2.23. The highest BCUT2D eigenvalue weighted by molar-refractivity contribution is 8.00. The molecule has 32 heavy (non-hydrogen) atoms. The van der Waals surface area contributed by atoms with Gasteiger partial charge in [0.15, 0.2) is 11.0 Å². The average Bonchev–Trinajstić information content (AvgIpc) is 3.16. The summed E-state index contributed by atoms with van der Waals surface area (Å²) >= 11 is 1.27. The number of hydrogen-bond acceptors (Lipinski definition) is 6. The van der Waals surface area contributed by atoms with E-state index >= 15 is 0 Å². The minimum absolute atomic E-state index is 0.296. The molecule has 0 aliphatic heterocycles. The number of aryl methyl sites for hydroxylation is 1. The minimum Gasteiger partial charge on any atom is -0.378 e. The van der Waals surface area contributed by atoms with Gasteiger partial charge in [-0.05, 0) is 32.0 Å². The van der Waals surface area contributed by atoms with E-state index in [-0.39, 0.29) is 5.91 Å². The Morgan fingerprint density at radius 1 is 1.25 bits per heavy atom. The van der Waals surface area contributed by atoms with Gasteiger partial charge >= 0.3 is 0 Å². The molecule has 2 aromatic carbocycles. The third-order valence-electron chi connectivity index (χ3n) is 4.54. The number of carbonyl (C=O) groups excluding carboxylic acids is 1. The molecule has 0 fully saturated rings. The molecule has 1 atom stereocenters. The lowest BCUT2D eigenvalue weighted by Crippen LogP contribution is -2.27. The summed E-state index contributed by atoms with van der Waals surface area (Å²) in [7, 11) is 0. The van der Waals surface area contributed by atoms with E-state index in [2.05, 4.69) is 32.6 Å². The maximum Gasteiger partial charge on any atom is 0.253 e. The lowest BCUT2D eigenvalue weighted by atomic mass is 10.2. The van der Waals surface area contributed by atoms with Crippen LogP contribution in [0, 0.1) is 12.7 Å². The molecule has 0 aliphatic carbocycles. The number of rotatable bonds is 10. The number of aromatic nitrogens is 3. The molecule has 0 saturated heterocycles. The van der Waals surface area contributed by atoms with Gasteiger partial charge in [-0.2, -0.15) is 5.10 Å². The second-order valence-corrected chi connectivity index (χ2v) is 8.34. The molecule has 166 valence electrons. The van der Waals surface area contributed by atoms with Crippen molar-refractivity contribution in [3.05, 3.63) is 84.0 Å². The van der Waals surface area contributed by atoms with Crippen LogP contribution in [0.25, 0.3) is 0 Å². The number of halogens is 1. The predicted molar refractivity (Wildman–Crippen MR) is 126 cm³/mol. The molecule has 1 amide bonds. The second-order valence-electron chi connectivity index (χ2n) is 7.03. The smallest absolute Gasteiger partial charge is 0.253 e. The van der Waals surface area contributed by atoms with Crippen LogP contribution in [0.5, 0.6) is 0 Å². The number of thioether (sulfide) groups is 1. The summed E-state index contributed by atoms with van der Waals surface area (Å²) in [6.07, 6.45) is 3.03. The Bertz CT molecular complexity index is 1100. The molecule has 3 rings (SSSR count). The Hall–Kier alpha value is -3.46. The average molecular weight is 453 g/mol. The Balaban J connectivity index is 1.61. The van der Waals surface area contributed by atoms with Gasteiger partial charge in [0.2, 0.25) is 0 Å². The quantitative estimate of drug-likeness (QED) is 0.209. The van der Waals surface area contributed by atoms with Crippen LogP contribution in [-0.2, 0) is 17.9 Å². The van der Waals surface area contributed by atoms with Crippen molar-refractivity contribution in [1.29, 1.82) is 0 Å². The predicted octanol–water partition coefficient (Wildman–Crippen LogP) is 4.15. The van der Waals surface area contributed by atoms with Crippen LogP contribution in [0.3, 0.4) is 0 Å². The molecule has 0 radical (unpaired) electrons. The number of allylic oxidation sites excluding steroid dienone is 1. The Kier molecular flexibility index (Phi) is 8.15. The molecule has 9 heteroatoms. The number of hydrazone groups is 1. The van der Waals surface area contributed by atoms with Crippen LogP contribution in [-0.4, -0.2) is 32.1 Å². The fourth-order valence-corrected chi connectivity index (χ4v) is 3.62. The van der Waals surface area contributed by atoms with Crippen LogP contribution in [0.15, 0.2) is 71.4 Å². The van der Waals surface area contributed by atoms with Crippen LogP contribution in [0.1, 0.15) is 23.9 Å². The molecule has 0 aliphatic rings. The Morgan fingerprint density at radius 3 is 2.72 bits per heavy atom. The number of anilines is 1. The number of benzene rings is 2. The molecule has 0 saturated carbocycles. The molecule has 2 N–H and O–H groups in total. The standard InChI is InChI=1S/C23H25FN6OS/c1-4-13-30-21(15-25-19-11-9-16(2)10-12-19)27-29-23(30)32-17(3)22(31)28-26-14-18-7-5-6-8-20(18)24/h4-12,14,17,25H,1,13,15H2,2-3H3,(H,28,31)/t17-/m0/s1. The number of carbonyl (C=O) groups is 1. The lowest BCUT2D eigenvalue weighted by Gasteiger charge is -2.12. The van der Waals surface area contributed by atoms with Gasteiger partial charge < -0.3 is 9.88 Å². The third kappa shape index (κ3) is 6.27. The van der Waals surface area contributed by atoms with Crippen molar-refractivity contribution in [1.82, 2.24) is 20.2 Å². The first-order chi connectivity index (χ1) is 15.5. The van der Waals surface area contributed by atoms with Gasteiger partial charge in [0.05, 0.1) is 18.0 Å². The van der Waals surface area contributed by atoms with Gasteiger partial charge in [0.1, 0.15) is 5.82 Å². The Labute approximate surface area is 190 Å². The molecular weight excluding hydrogens is 427 g/mol. The van der Waals surface area contributed by atoms with Crippen molar-refractivity contribution in [3.63, 3.8) is 0 Å². The van der Waals surface area contributed by atoms with Gasteiger partial charge in [-0.15, -0.1) is 16.8 Å². The molecule has 7 nitrogen and oxygen atoms in total. The highest BCUT2D eigenvalue weighted by Gasteiger charge is 2.19. The number of hydrogen-bond donors (Lipinski definition) is 2. The number of nitrogens with zero attached hydrogens (tertiary/aromatic N) is 4. The van der Waals surface area contributed by atoms with Crippen LogP contribution in [0.4, 0.5) is 10.1 Å². The van der Waals surface area contributed by atoms with E-state index in [9.17, 15) is 9.18 Å². The zero-order valence-electron chi connectivity index (χ0n) is 18.0. The fraction of sp³-hybridized carbons (Fsp3) is 0.217. The molecule has 0 unspecified atom stereocenters. The lowest BCUT2D eigenvalue weighted by molar-refractivity contribution is -0.120. The first-order valence-electron chi connectivity index (χ1n) is 10.1. The van der Waals surface area contributed by atoms with Gasteiger partial charge in [0.25, 0.3) is 5.91 Å².